The van der Waals surface area contributed by atoms with Crippen LogP contribution in [0.2, 0.25) is 0 Å². The topological polar surface area (TPSA) is 38.3 Å². The molecule has 0 aliphatic heterocycles. The van der Waals surface area contributed by atoms with E-state index < -0.39 is 11.7 Å². The molecule has 1 aromatic carbocycles. The largest absolute Gasteiger partial charge is 0.497 e. The first kappa shape index (κ1) is 14.8. The van der Waals surface area contributed by atoms with E-state index in [-0.39, 0.29) is 17.5 Å². The van der Waals surface area contributed by atoms with E-state index in [4.69, 9.17) is 16.3 Å². The molecule has 0 aromatic heterocycles. The molecule has 2 atom stereocenters. The Morgan fingerprint density at radius 1 is 1.50 bits per heavy atom. The molecule has 18 heavy (non-hydrogen) atoms. The number of rotatable bonds is 5. The number of carbonyl (C=O) groups is 1. The summed E-state index contributed by atoms with van der Waals surface area (Å²) >= 11 is 5.71. The van der Waals surface area contributed by atoms with Crippen LogP contribution >= 0.6 is 11.6 Å². The highest BCUT2D eigenvalue weighted by atomic mass is 35.5. The smallest absolute Gasteiger partial charge is 0.254 e. The number of ether oxygens (including phenoxy) is 1. The predicted molar refractivity (Wildman–Crippen MR) is 69.8 cm³/mol. The maximum atomic E-state index is 13.7. The summed E-state index contributed by atoms with van der Waals surface area (Å²) in [6.07, 6.45) is 0. The fourth-order valence-electron chi connectivity index (χ4n) is 1.37. The minimum atomic E-state index is -0.599. The molecule has 0 bridgehead atoms. The quantitative estimate of drug-likeness (QED) is 0.838. The SMILES string of the molecule is COc1ccc(C(=O)NC(C)C(C)CCl)c(F)c1. The first-order valence-electron chi connectivity index (χ1n) is 5.70. The van der Waals surface area contributed by atoms with Crippen LogP contribution in [0.1, 0.15) is 24.2 Å². The zero-order valence-electron chi connectivity index (χ0n) is 10.7. The second-order valence-corrected chi connectivity index (χ2v) is 4.55. The van der Waals surface area contributed by atoms with Crippen LogP contribution in [-0.2, 0) is 0 Å². The number of benzene rings is 1. The number of halogens is 2. The van der Waals surface area contributed by atoms with Crippen molar-refractivity contribution >= 4 is 17.5 Å². The summed E-state index contributed by atoms with van der Waals surface area (Å²) in [4.78, 5) is 11.9. The molecule has 0 aliphatic carbocycles. The Balaban J connectivity index is 2.78. The Labute approximate surface area is 111 Å². The lowest BCUT2D eigenvalue weighted by molar-refractivity contribution is 0.0927. The summed E-state index contributed by atoms with van der Waals surface area (Å²) in [7, 11) is 1.44. The van der Waals surface area contributed by atoms with E-state index in [9.17, 15) is 9.18 Å². The molecule has 100 valence electrons. The van der Waals surface area contributed by atoms with Gasteiger partial charge in [-0.3, -0.25) is 4.79 Å². The summed E-state index contributed by atoms with van der Waals surface area (Å²) in [5, 5.41) is 2.72. The average molecular weight is 274 g/mol. The van der Waals surface area contributed by atoms with Crippen molar-refractivity contribution < 1.29 is 13.9 Å². The first-order chi connectivity index (χ1) is 8.49. The Morgan fingerprint density at radius 2 is 2.17 bits per heavy atom. The van der Waals surface area contributed by atoms with E-state index in [2.05, 4.69) is 5.32 Å². The highest BCUT2D eigenvalue weighted by Gasteiger charge is 2.17. The molecule has 0 saturated carbocycles. The lowest BCUT2D eigenvalue weighted by atomic mass is 10.1. The normalized spacial score (nSPS) is 13.8. The Hall–Kier alpha value is -1.29. The van der Waals surface area contributed by atoms with E-state index in [1.54, 1.807) is 6.07 Å². The molecular weight excluding hydrogens is 257 g/mol. The summed E-state index contributed by atoms with van der Waals surface area (Å²) in [5.41, 5.74) is 0.00409. The van der Waals surface area contributed by atoms with E-state index in [0.717, 1.165) is 0 Å². The van der Waals surface area contributed by atoms with Crippen LogP contribution in [0.25, 0.3) is 0 Å². The summed E-state index contributed by atoms with van der Waals surface area (Å²) < 4.78 is 18.5. The summed E-state index contributed by atoms with van der Waals surface area (Å²) in [6, 6.07) is 4.02. The number of nitrogens with one attached hydrogen (secondary N) is 1. The molecule has 1 aromatic rings. The van der Waals surface area contributed by atoms with Gasteiger partial charge in [-0.25, -0.2) is 4.39 Å². The van der Waals surface area contributed by atoms with E-state index in [1.807, 2.05) is 13.8 Å². The van der Waals surface area contributed by atoms with Crippen LogP contribution in [0.5, 0.6) is 5.75 Å². The van der Waals surface area contributed by atoms with Crippen LogP contribution in [0.4, 0.5) is 4.39 Å². The Bertz CT molecular complexity index is 425. The van der Waals surface area contributed by atoms with Gasteiger partial charge in [0.05, 0.1) is 12.7 Å². The molecule has 0 aliphatic rings. The highest BCUT2D eigenvalue weighted by Crippen LogP contribution is 2.16. The molecule has 0 radical (unpaired) electrons. The number of carbonyl (C=O) groups excluding carboxylic acids is 1. The number of hydrogen-bond donors (Lipinski definition) is 1. The van der Waals surface area contributed by atoms with Gasteiger partial charge >= 0.3 is 0 Å². The van der Waals surface area contributed by atoms with Crippen molar-refractivity contribution in [3.63, 3.8) is 0 Å². The van der Waals surface area contributed by atoms with Crippen molar-refractivity contribution in [3.05, 3.63) is 29.6 Å². The zero-order valence-corrected chi connectivity index (χ0v) is 11.4. The standard InChI is InChI=1S/C13H17ClFNO2/c1-8(7-14)9(2)16-13(17)11-5-4-10(18-3)6-12(11)15/h4-6,8-9H,7H2,1-3H3,(H,16,17). The van der Waals surface area contributed by atoms with Gasteiger partial charge in [-0.2, -0.15) is 0 Å². The average Bonchev–Trinajstić information content (AvgIpc) is 2.37. The van der Waals surface area contributed by atoms with Crippen LogP contribution < -0.4 is 10.1 Å². The number of amides is 1. The van der Waals surface area contributed by atoms with Crippen LogP contribution in [0, 0.1) is 11.7 Å². The van der Waals surface area contributed by atoms with Crippen molar-refractivity contribution in [2.75, 3.05) is 13.0 Å². The third-order valence-corrected chi connectivity index (χ3v) is 3.36. The van der Waals surface area contributed by atoms with Crippen molar-refractivity contribution in [1.29, 1.82) is 0 Å². The van der Waals surface area contributed by atoms with Crippen LogP contribution in [-0.4, -0.2) is 24.9 Å². The molecule has 5 heteroatoms. The van der Waals surface area contributed by atoms with Gasteiger partial charge in [-0.15, -0.1) is 11.6 Å². The molecule has 0 saturated heterocycles. The number of hydrogen-bond acceptors (Lipinski definition) is 2. The highest BCUT2D eigenvalue weighted by molar-refractivity contribution is 6.18. The molecule has 0 heterocycles. The van der Waals surface area contributed by atoms with Gasteiger partial charge in [-0.05, 0) is 25.0 Å². The van der Waals surface area contributed by atoms with Crippen molar-refractivity contribution in [2.45, 2.75) is 19.9 Å². The fraction of sp³-hybridized carbons (Fsp3) is 0.462. The molecule has 2 unspecified atom stereocenters. The minimum Gasteiger partial charge on any atom is -0.497 e. The van der Waals surface area contributed by atoms with Gasteiger partial charge < -0.3 is 10.1 Å². The third-order valence-electron chi connectivity index (χ3n) is 2.88. The molecule has 0 fully saturated rings. The van der Waals surface area contributed by atoms with Crippen molar-refractivity contribution in [3.8, 4) is 5.75 Å². The summed E-state index contributed by atoms with van der Waals surface area (Å²) in [5.74, 6) is -0.104. The van der Waals surface area contributed by atoms with Gasteiger partial charge in [0, 0.05) is 18.0 Å². The van der Waals surface area contributed by atoms with Crippen LogP contribution in [0.15, 0.2) is 18.2 Å². The van der Waals surface area contributed by atoms with Crippen molar-refractivity contribution in [2.24, 2.45) is 5.92 Å². The first-order valence-corrected chi connectivity index (χ1v) is 6.23. The maximum absolute atomic E-state index is 13.7. The summed E-state index contributed by atoms with van der Waals surface area (Å²) in [6.45, 7) is 3.76. The Morgan fingerprint density at radius 3 is 2.67 bits per heavy atom. The van der Waals surface area contributed by atoms with Gasteiger partial charge in [0.15, 0.2) is 0 Å². The predicted octanol–water partition coefficient (Wildman–Crippen LogP) is 2.83. The molecule has 1 rings (SSSR count). The van der Waals surface area contributed by atoms with E-state index in [1.165, 1.54) is 19.2 Å². The van der Waals surface area contributed by atoms with Crippen molar-refractivity contribution in [1.82, 2.24) is 5.32 Å². The lowest BCUT2D eigenvalue weighted by Crippen LogP contribution is -2.38. The molecule has 1 amide bonds. The maximum Gasteiger partial charge on any atom is 0.254 e. The van der Waals surface area contributed by atoms with Gasteiger partial charge in [0.25, 0.3) is 5.91 Å². The second kappa shape index (κ2) is 6.59. The monoisotopic (exact) mass is 273 g/mol. The second-order valence-electron chi connectivity index (χ2n) is 4.24. The Kier molecular flexibility index (Phi) is 5.41. The third kappa shape index (κ3) is 3.60. The zero-order chi connectivity index (χ0) is 13.7. The van der Waals surface area contributed by atoms with Crippen LogP contribution in [0.3, 0.4) is 0 Å². The molecule has 0 spiro atoms. The van der Waals surface area contributed by atoms with Gasteiger partial charge in [0.2, 0.25) is 0 Å². The molecule has 3 nitrogen and oxygen atoms in total. The number of methoxy groups -OCH3 is 1. The van der Waals surface area contributed by atoms with Gasteiger partial charge in [-0.1, -0.05) is 6.92 Å². The molecular formula is C13H17ClFNO2. The van der Waals surface area contributed by atoms with E-state index >= 15 is 0 Å². The minimum absolute atomic E-state index is 0.00409. The lowest BCUT2D eigenvalue weighted by Gasteiger charge is -2.19. The number of alkyl halides is 1. The van der Waals surface area contributed by atoms with Gasteiger partial charge in [0.1, 0.15) is 11.6 Å². The molecule has 1 N–H and O–H groups in total. The fourth-order valence-corrected chi connectivity index (χ4v) is 1.63. The van der Waals surface area contributed by atoms with E-state index in [0.29, 0.717) is 11.6 Å².